The standard InChI is InChI=1S/C19H28N4O2/c1-14-11-15(2)13-16(12-14)7-8-21-19(20-3)22-9-10-23-17(24)5-4-6-18(23)25/h11-13H,4-10H2,1-3H3,(H2,20,21,22). The Kier molecular flexibility index (Phi) is 6.98. The van der Waals surface area contributed by atoms with Gasteiger partial charge in [-0.2, -0.15) is 0 Å². The van der Waals surface area contributed by atoms with E-state index >= 15 is 0 Å². The lowest BCUT2D eigenvalue weighted by Gasteiger charge is -2.25. The summed E-state index contributed by atoms with van der Waals surface area (Å²) in [6.45, 7) is 5.86. The van der Waals surface area contributed by atoms with Crippen LogP contribution in [0.5, 0.6) is 0 Å². The number of hydrogen-bond donors (Lipinski definition) is 2. The number of benzene rings is 1. The molecule has 0 aliphatic carbocycles. The predicted molar refractivity (Wildman–Crippen MR) is 99.6 cm³/mol. The zero-order valence-corrected chi connectivity index (χ0v) is 15.4. The number of imide groups is 1. The van der Waals surface area contributed by atoms with Crippen LogP contribution in [0.15, 0.2) is 23.2 Å². The second-order valence-electron chi connectivity index (χ2n) is 6.46. The van der Waals surface area contributed by atoms with Crippen LogP contribution >= 0.6 is 0 Å². The lowest BCUT2D eigenvalue weighted by molar-refractivity contribution is -0.147. The van der Waals surface area contributed by atoms with E-state index in [1.165, 1.54) is 21.6 Å². The van der Waals surface area contributed by atoms with Crippen LogP contribution in [-0.4, -0.2) is 49.4 Å². The molecule has 2 N–H and O–H groups in total. The summed E-state index contributed by atoms with van der Waals surface area (Å²) in [5.74, 6) is 0.535. The minimum atomic E-state index is -0.0733. The molecule has 25 heavy (non-hydrogen) atoms. The van der Waals surface area contributed by atoms with Crippen molar-refractivity contribution in [1.82, 2.24) is 15.5 Å². The van der Waals surface area contributed by atoms with E-state index in [1.807, 2.05) is 0 Å². The SMILES string of the molecule is CN=C(NCCc1cc(C)cc(C)c1)NCCN1C(=O)CCCC1=O. The minimum absolute atomic E-state index is 0.0733. The molecular formula is C19H28N4O2. The molecule has 1 heterocycles. The van der Waals surface area contributed by atoms with Crippen LogP contribution in [-0.2, 0) is 16.0 Å². The Hall–Kier alpha value is -2.37. The Morgan fingerprint density at radius 2 is 1.64 bits per heavy atom. The molecule has 1 fully saturated rings. The van der Waals surface area contributed by atoms with Crippen LogP contribution < -0.4 is 10.6 Å². The summed E-state index contributed by atoms with van der Waals surface area (Å²) in [6, 6.07) is 6.55. The number of nitrogens with zero attached hydrogens (tertiary/aromatic N) is 2. The Morgan fingerprint density at radius 3 is 2.24 bits per heavy atom. The van der Waals surface area contributed by atoms with Gasteiger partial charge >= 0.3 is 0 Å². The van der Waals surface area contributed by atoms with Crippen molar-refractivity contribution in [2.24, 2.45) is 4.99 Å². The average Bonchev–Trinajstić information content (AvgIpc) is 2.55. The van der Waals surface area contributed by atoms with E-state index in [2.05, 4.69) is 47.7 Å². The fourth-order valence-corrected chi connectivity index (χ4v) is 3.09. The molecule has 0 bridgehead atoms. The third kappa shape index (κ3) is 5.89. The van der Waals surface area contributed by atoms with E-state index < -0.39 is 0 Å². The fraction of sp³-hybridized carbons (Fsp3) is 0.526. The highest BCUT2D eigenvalue weighted by Crippen LogP contribution is 2.11. The third-order valence-corrected chi connectivity index (χ3v) is 4.22. The van der Waals surface area contributed by atoms with Crippen molar-refractivity contribution >= 4 is 17.8 Å². The fourth-order valence-electron chi connectivity index (χ4n) is 3.09. The highest BCUT2D eigenvalue weighted by Gasteiger charge is 2.25. The van der Waals surface area contributed by atoms with Gasteiger partial charge in [-0.15, -0.1) is 0 Å². The third-order valence-electron chi connectivity index (χ3n) is 4.22. The van der Waals surface area contributed by atoms with Gasteiger partial charge in [0.05, 0.1) is 0 Å². The number of carbonyl (C=O) groups is 2. The van der Waals surface area contributed by atoms with Gasteiger partial charge in [-0.05, 0) is 32.3 Å². The number of likely N-dealkylation sites (tertiary alicyclic amines) is 1. The zero-order valence-electron chi connectivity index (χ0n) is 15.4. The van der Waals surface area contributed by atoms with E-state index in [0.29, 0.717) is 38.3 Å². The van der Waals surface area contributed by atoms with Gasteiger partial charge in [0.15, 0.2) is 5.96 Å². The van der Waals surface area contributed by atoms with Gasteiger partial charge in [0.1, 0.15) is 0 Å². The number of aryl methyl sites for hydroxylation is 2. The maximum Gasteiger partial charge on any atom is 0.229 e. The van der Waals surface area contributed by atoms with Crippen LogP contribution in [0.3, 0.4) is 0 Å². The number of aliphatic imine (C=N–C) groups is 1. The van der Waals surface area contributed by atoms with E-state index in [9.17, 15) is 9.59 Å². The van der Waals surface area contributed by atoms with Gasteiger partial charge in [0.2, 0.25) is 11.8 Å². The molecule has 6 heteroatoms. The summed E-state index contributed by atoms with van der Waals surface area (Å²) < 4.78 is 0. The molecule has 0 spiro atoms. The smallest absolute Gasteiger partial charge is 0.229 e. The molecule has 0 radical (unpaired) electrons. The summed E-state index contributed by atoms with van der Waals surface area (Å²) in [5.41, 5.74) is 3.84. The van der Waals surface area contributed by atoms with Gasteiger partial charge in [-0.25, -0.2) is 0 Å². The Labute approximate surface area is 149 Å². The molecule has 6 nitrogen and oxygen atoms in total. The summed E-state index contributed by atoms with van der Waals surface area (Å²) in [4.78, 5) is 29.1. The summed E-state index contributed by atoms with van der Waals surface area (Å²) in [7, 11) is 1.71. The van der Waals surface area contributed by atoms with Crippen molar-refractivity contribution < 1.29 is 9.59 Å². The largest absolute Gasteiger partial charge is 0.356 e. The van der Waals surface area contributed by atoms with E-state index in [4.69, 9.17) is 0 Å². The number of guanidine groups is 1. The number of rotatable bonds is 6. The maximum atomic E-state index is 11.8. The first-order valence-electron chi connectivity index (χ1n) is 8.84. The molecule has 1 aromatic carbocycles. The van der Waals surface area contributed by atoms with Gasteiger partial charge in [-0.1, -0.05) is 29.3 Å². The van der Waals surface area contributed by atoms with Gasteiger partial charge in [0.25, 0.3) is 0 Å². The molecule has 1 aliphatic heterocycles. The van der Waals surface area contributed by atoms with Gasteiger partial charge in [0, 0.05) is 39.5 Å². The van der Waals surface area contributed by atoms with Crippen molar-refractivity contribution in [2.75, 3.05) is 26.7 Å². The first-order valence-corrected chi connectivity index (χ1v) is 8.84. The van der Waals surface area contributed by atoms with Crippen molar-refractivity contribution in [3.8, 4) is 0 Å². The summed E-state index contributed by atoms with van der Waals surface area (Å²) >= 11 is 0. The van der Waals surface area contributed by atoms with Gasteiger partial charge < -0.3 is 10.6 Å². The first-order chi connectivity index (χ1) is 12.0. The summed E-state index contributed by atoms with van der Waals surface area (Å²) in [6.07, 6.45) is 2.51. The molecule has 0 unspecified atom stereocenters. The topological polar surface area (TPSA) is 73.8 Å². The Morgan fingerprint density at radius 1 is 1.04 bits per heavy atom. The Balaban J connectivity index is 1.73. The molecule has 2 amide bonds. The van der Waals surface area contributed by atoms with E-state index in [0.717, 1.165) is 13.0 Å². The number of nitrogens with one attached hydrogen (secondary N) is 2. The molecule has 2 rings (SSSR count). The summed E-state index contributed by atoms with van der Waals surface area (Å²) in [5, 5.41) is 6.43. The quantitative estimate of drug-likeness (QED) is 0.466. The lowest BCUT2D eigenvalue weighted by atomic mass is 10.1. The Bertz CT molecular complexity index is 619. The number of piperidine rings is 1. The number of amides is 2. The molecule has 0 atom stereocenters. The normalized spacial score (nSPS) is 15.5. The van der Waals surface area contributed by atoms with Crippen LogP contribution in [0.25, 0.3) is 0 Å². The van der Waals surface area contributed by atoms with E-state index in [-0.39, 0.29) is 11.8 Å². The number of hydrogen-bond acceptors (Lipinski definition) is 3. The van der Waals surface area contributed by atoms with Gasteiger partial charge in [-0.3, -0.25) is 19.5 Å². The average molecular weight is 344 g/mol. The second kappa shape index (κ2) is 9.20. The molecule has 1 aromatic rings. The van der Waals surface area contributed by atoms with Crippen molar-refractivity contribution in [1.29, 1.82) is 0 Å². The van der Waals surface area contributed by atoms with Crippen LogP contribution in [0.1, 0.15) is 36.0 Å². The second-order valence-corrected chi connectivity index (χ2v) is 6.46. The lowest BCUT2D eigenvalue weighted by Crippen LogP contribution is -2.46. The molecule has 1 saturated heterocycles. The maximum absolute atomic E-state index is 11.8. The van der Waals surface area contributed by atoms with Crippen LogP contribution in [0.4, 0.5) is 0 Å². The first kappa shape index (κ1) is 19.0. The highest BCUT2D eigenvalue weighted by molar-refractivity contribution is 5.97. The van der Waals surface area contributed by atoms with Crippen molar-refractivity contribution in [2.45, 2.75) is 39.5 Å². The predicted octanol–water partition coefficient (Wildman–Crippen LogP) is 1.55. The molecule has 0 saturated carbocycles. The monoisotopic (exact) mass is 344 g/mol. The number of carbonyl (C=O) groups excluding carboxylic acids is 2. The molecule has 1 aliphatic rings. The van der Waals surface area contributed by atoms with Crippen molar-refractivity contribution in [3.63, 3.8) is 0 Å². The van der Waals surface area contributed by atoms with Crippen LogP contribution in [0.2, 0.25) is 0 Å². The highest BCUT2D eigenvalue weighted by atomic mass is 16.2. The van der Waals surface area contributed by atoms with Crippen molar-refractivity contribution in [3.05, 3.63) is 34.9 Å². The molecular weight excluding hydrogens is 316 g/mol. The molecule has 0 aromatic heterocycles. The zero-order chi connectivity index (χ0) is 18.2. The van der Waals surface area contributed by atoms with E-state index in [1.54, 1.807) is 7.05 Å². The molecule has 136 valence electrons. The van der Waals surface area contributed by atoms with Crippen LogP contribution in [0, 0.1) is 13.8 Å². The minimum Gasteiger partial charge on any atom is -0.356 e.